The monoisotopic (exact) mass is 323 g/mol. The molecule has 0 N–H and O–H groups in total. The molecular weight excluding hydrogens is 294 g/mol. The molecule has 0 radical (unpaired) electrons. The Morgan fingerprint density at radius 1 is 0.957 bits per heavy atom. The molecule has 0 aliphatic rings. The summed E-state index contributed by atoms with van der Waals surface area (Å²) in [6.07, 6.45) is 1.81. The summed E-state index contributed by atoms with van der Waals surface area (Å²) in [6, 6.07) is 3.75. The van der Waals surface area contributed by atoms with Crippen LogP contribution < -0.4 is 14.2 Å². The predicted octanol–water partition coefficient (Wildman–Crippen LogP) is 3.75. The van der Waals surface area contributed by atoms with Gasteiger partial charge >= 0.3 is 0 Å². The summed E-state index contributed by atoms with van der Waals surface area (Å²) in [5, 5.41) is 0. The molecule has 0 saturated heterocycles. The minimum atomic E-state index is -0.0204. The molecule has 5 heteroatoms. The molecule has 0 aliphatic heterocycles. The third-order valence-corrected chi connectivity index (χ3v) is 4.28. The van der Waals surface area contributed by atoms with Crippen LogP contribution in [0.25, 0.3) is 0 Å². The summed E-state index contributed by atoms with van der Waals surface area (Å²) >= 11 is 0. The highest BCUT2D eigenvalue weighted by Gasteiger charge is 2.26. The van der Waals surface area contributed by atoms with Crippen LogP contribution >= 0.6 is 0 Å². The maximum Gasteiger partial charge on any atom is 0.254 e. The zero-order valence-corrected chi connectivity index (χ0v) is 15.3. The van der Waals surface area contributed by atoms with Crippen LogP contribution in [0.1, 0.15) is 50.9 Å². The second-order valence-corrected chi connectivity index (χ2v) is 5.64. The topological polar surface area (TPSA) is 48.0 Å². The van der Waals surface area contributed by atoms with Gasteiger partial charge in [0.1, 0.15) is 0 Å². The van der Waals surface area contributed by atoms with Crippen molar-refractivity contribution in [3.05, 3.63) is 17.7 Å². The predicted molar refractivity (Wildman–Crippen MR) is 91.8 cm³/mol. The number of hydrogen-bond donors (Lipinski definition) is 0. The minimum Gasteiger partial charge on any atom is -0.493 e. The Morgan fingerprint density at radius 2 is 1.39 bits per heavy atom. The van der Waals surface area contributed by atoms with E-state index in [2.05, 4.69) is 27.7 Å². The van der Waals surface area contributed by atoms with Crippen molar-refractivity contribution >= 4 is 5.91 Å². The van der Waals surface area contributed by atoms with E-state index in [1.165, 1.54) is 0 Å². The maximum atomic E-state index is 13.1. The van der Waals surface area contributed by atoms with Crippen molar-refractivity contribution in [2.24, 2.45) is 0 Å². The van der Waals surface area contributed by atoms with Gasteiger partial charge in [-0.25, -0.2) is 0 Å². The lowest BCUT2D eigenvalue weighted by Crippen LogP contribution is -2.44. The lowest BCUT2D eigenvalue weighted by atomic mass is 10.1. The Balaban J connectivity index is 3.34. The van der Waals surface area contributed by atoms with Gasteiger partial charge in [0.2, 0.25) is 5.75 Å². The highest BCUT2D eigenvalue weighted by molar-refractivity contribution is 5.96. The lowest BCUT2D eigenvalue weighted by Gasteiger charge is -2.34. The smallest absolute Gasteiger partial charge is 0.254 e. The number of carbonyl (C=O) groups is 1. The molecule has 1 aromatic rings. The molecule has 1 aromatic carbocycles. The Kier molecular flexibility index (Phi) is 7.20. The van der Waals surface area contributed by atoms with Gasteiger partial charge in [-0.1, -0.05) is 13.8 Å². The zero-order valence-electron chi connectivity index (χ0n) is 15.3. The average molecular weight is 323 g/mol. The number of hydrogen-bond acceptors (Lipinski definition) is 4. The molecule has 5 nitrogen and oxygen atoms in total. The Hall–Kier alpha value is -1.91. The molecular formula is C18H29NO4. The summed E-state index contributed by atoms with van der Waals surface area (Å²) in [6.45, 7) is 8.31. The first-order chi connectivity index (χ1) is 10.9. The van der Waals surface area contributed by atoms with Crippen molar-refractivity contribution in [3.8, 4) is 17.2 Å². The first-order valence-electron chi connectivity index (χ1n) is 8.07. The maximum absolute atomic E-state index is 13.1. The Bertz CT molecular complexity index is 495. The van der Waals surface area contributed by atoms with Crippen LogP contribution in [0.5, 0.6) is 17.2 Å². The molecule has 2 atom stereocenters. The number of methoxy groups -OCH3 is 3. The molecule has 0 bridgehead atoms. The van der Waals surface area contributed by atoms with Gasteiger partial charge in [0, 0.05) is 17.6 Å². The quantitative estimate of drug-likeness (QED) is 0.731. The molecule has 23 heavy (non-hydrogen) atoms. The molecule has 1 rings (SSSR count). The largest absolute Gasteiger partial charge is 0.493 e. The van der Waals surface area contributed by atoms with Gasteiger partial charge in [0.25, 0.3) is 5.91 Å². The van der Waals surface area contributed by atoms with Crippen molar-refractivity contribution in [1.82, 2.24) is 4.90 Å². The highest BCUT2D eigenvalue weighted by atomic mass is 16.5. The van der Waals surface area contributed by atoms with Crippen LogP contribution in [0.4, 0.5) is 0 Å². The Labute approximate surface area is 139 Å². The van der Waals surface area contributed by atoms with E-state index in [0.717, 1.165) is 12.8 Å². The van der Waals surface area contributed by atoms with Crippen molar-refractivity contribution in [2.75, 3.05) is 21.3 Å². The van der Waals surface area contributed by atoms with E-state index in [4.69, 9.17) is 14.2 Å². The highest BCUT2D eigenvalue weighted by Crippen LogP contribution is 2.38. The van der Waals surface area contributed by atoms with Gasteiger partial charge in [-0.2, -0.15) is 0 Å². The van der Waals surface area contributed by atoms with Crippen molar-refractivity contribution in [1.29, 1.82) is 0 Å². The first kappa shape index (κ1) is 19.1. The number of amides is 1. The molecule has 0 unspecified atom stereocenters. The van der Waals surface area contributed by atoms with Gasteiger partial charge in [-0.3, -0.25) is 4.79 Å². The van der Waals surface area contributed by atoms with E-state index in [1.807, 2.05) is 4.90 Å². The fourth-order valence-electron chi connectivity index (χ4n) is 2.58. The summed E-state index contributed by atoms with van der Waals surface area (Å²) in [5.41, 5.74) is 0.542. The molecule has 0 aliphatic carbocycles. The number of benzene rings is 1. The summed E-state index contributed by atoms with van der Waals surface area (Å²) in [4.78, 5) is 15.0. The summed E-state index contributed by atoms with van der Waals surface area (Å²) in [5.74, 6) is 1.45. The standard InChI is InChI=1S/C18H29NO4/c1-8-12(3)19(13(4)9-2)18(20)14-10-15(21-5)17(23-7)16(11-14)22-6/h10-13H,8-9H2,1-7H3/t12-,13+. The molecule has 0 heterocycles. The van der Waals surface area contributed by atoms with Crippen LogP contribution in [0.3, 0.4) is 0 Å². The SMILES string of the molecule is CC[C@@H](C)N(C(=O)c1cc(OC)c(OC)c(OC)c1)[C@@H](C)CC. The average Bonchev–Trinajstić information content (AvgIpc) is 2.59. The van der Waals surface area contributed by atoms with E-state index in [-0.39, 0.29) is 18.0 Å². The number of ether oxygens (including phenoxy) is 3. The third kappa shape index (κ3) is 4.09. The van der Waals surface area contributed by atoms with Crippen LogP contribution in [-0.2, 0) is 0 Å². The fourth-order valence-corrected chi connectivity index (χ4v) is 2.58. The van der Waals surface area contributed by atoms with Gasteiger partial charge in [-0.05, 0) is 38.8 Å². The van der Waals surface area contributed by atoms with E-state index in [0.29, 0.717) is 22.8 Å². The number of rotatable bonds is 8. The minimum absolute atomic E-state index is 0.0204. The van der Waals surface area contributed by atoms with Crippen LogP contribution in [-0.4, -0.2) is 44.2 Å². The summed E-state index contributed by atoms with van der Waals surface area (Å²) in [7, 11) is 4.64. The molecule has 130 valence electrons. The van der Waals surface area contributed by atoms with Gasteiger partial charge in [-0.15, -0.1) is 0 Å². The third-order valence-electron chi connectivity index (χ3n) is 4.28. The fraction of sp³-hybridized carbons (Fsp3) is 0.611. The van der Waals surface area contributed by atoms with E-state index in [1.54, 1.807) is 33.5 Å². The zero-order chi connectivity index (χ0) is 17.6. The molecule has 0 aromatic heterocycles. The van der Waals surface area contributed by atoms with Crippen molar-refractivity contribution in [3.63, 3.8) is 0 Å². The normalized spacial score (nSPS) is 13.2. The Morgan fingerprint density at radius 3 is 1.70 bits per heavy atom. The number of nitrogens with zero attached hydrogens (tertiary/aromatic N) is 1. The van der Waals surface area contributed by atoms with Crippen LogP contribution in [0.2, 0.25) is 0 Å². The second kappa shape index (κ2) is 8.65. The number of carbonyl (C=O) groups excluding carboxylic acids is 1. The molecule has 1 amide bonds. The van der Waals surface area contributed by atoms with Crippen molar-refractivity contribution in [2.45, 2.75) is 52.6 Å². The van der Waals surface area contributed by atoms with Gasteiger partial charge in [0.05, 0.1) is 21.3 Å². The van der Waals surface area contributed by atoms with E-state index < -0.39 is 0 Å². The van der Waals surface area contributed by atoms with E-state index >= 15 is 0 Å². The van der Waals surface area contributed by atoms with Crippen LogP contribution in [0, 0.1) is 0 Å². The van der Waals surface area contributed by atoms with E-state index in [9.17, 15) is 4.79 Å². The summed E-state index contributed by atoms with van der Waals surface area (Å²) < 4.78 is 16.0. The lowest BCUT2D eigenvalue weighted by molar-refractivity contribution is 0.0597. The van der Waals surface area contributed by atoms with Gasteiger partial charge < -0.3 is 19.1 Å². The van der Waals surface area contributed by atoms with Gasteiger partial charge in [0.15, 0.2) is 11.5 Å². The molecule has 0 saturated carbocycles. The first-order valence-corrected chi connectivity index (χ1v) is 8.07. The molecule has 0 spiro atoms. The van der Waals surface area contributed by atoms with Crippen molar-refractivity contribution < 1.29 is 19.0 Å². The second-order valence-electron chi connectivity index (χ2n) is 5.64. The molecule has 0 fully saturated rings. The van der Waals surface area contributed by atoms with Crippen LogP contribution in [0.15, 0.2) is 12.1 Å².